The first kappa shape index (κ1) is 17.7. The van der Waals surface area contributed by atoms with Gasteiger partial charge in [0.15, 0.2) is 0 Å². The highest BCUT2D eigenvalue weighted by Crippen LogP contribution is 1.93. The summed E-state index contributed by atoms with van der Waals surface area (Å²) in [6.45, 7) is 14.8. The maximum atomic E-state index is 2.22. The average molecular weight is 172 g/mol. The smallest absolute Gasteiger partial charge is 0.0379 e. The molecule has 0 N–H and O–H groups in total. The van der Waals surface area contributed by atoms with Gasteiger partial charge in [0, 0.05) is 0 Å². The zero-order chi connectivity index (χ0) is 10.4. The summed E-state index contributed by atoms with van der Waals surface area (Å²) in [5.41, 5.74) is 0. The van der Waals surface area contributed by atoms with E-state index in [1.165, 1.54) is 6.42 Å². The molecular weight excluding hydrogens is 144 g/mol. The maximum Gasteiger partial charge on any atom is -0.0379 e. The van der Waals surface area contributed by atoms with Crippen molar-refractivity contribution in [2.45, 2.75) is 61.3 Å². The minimum absolute atomic E-state index is 0.884. The van der Waals surface area contributed by atoms with Crippen LogP contribution in [0.25, 0.3) is 0 Å². The molecule has 0 fully saturated rings. The second-order valence-electron chi connectivity index (χ2n) is 2.78. The van der Waals surface area contributed by atoms with E-state index in [-0.39, 0.29) is 0 Å². The van der Waals surface area contributed by atoms with Crippen LogP contribution >= 0.6 is 0 Å². The Labute approximate surface area is 80.1 Å². The van der Waals surface area contributed by atoms with Crippen LogP contribution in [-0.2, 0) is 0 Å². The SMILES string of the molecule is C/C=C\CC.CC.CCC(C)C. The minimum Gasteiger partial charge on any atom is -0.0917 e. The van der Waals surface area contributed by atoms with Crippen molar-refractivity contribution < 1.29 is 0 Å². The molecule has 0 unspecified atom stereocenters. The molecule has 0 spiro atoms. The molecule has 0 aliphatic heterocycles. The lowest BCUT2D eigenvalue weighted by Gasteiger charge is -1.90. The molecule has 0 nitrogen and oxygen atoms in total. The van der Waals surface area contributed by atoms with Crippen molar-refractivity contribution in [1.82, 2.24) is 0 Å². The predicted octanol–water partition coefficient (Wildman–Crippen LogP) is 5.05. The summed E-state index contributed by atoms with van der Waals surface area (Å²) < 4.78 is 0. The van der Waals surface area contributed by atoms with Crippen LogP contribution in [0.1, 0.15) is 61.3 Å². The highest BCUT2D eigenvalue weighted by atomic mass is 13.9. The predicted molar refractivity (Wildman–Crippen MR) is 61.6 cm³/mol. The van der Waals surface area contributed by atoms with Crippen LogP contribution < -0.4 is 0 Å². The van der Waals surface area contributed by atoms with Crippen molar-refractivity contribution in [2.24, 2.45) is 5.92 Å². The standard InChI is InChI=1S/C5H12.C5H10.C2H6/c1-4-5(2)3;1-3-5-4-2;1-2/h5H,4H2,1-3H3;3,5H,4H2,1-2H3;1-2H3/b;5-3-;. The third kappa shape index (κ3) is 53.2. The molecular formula is C12H28. The van der Waals surface area contributed by atoms with Crippen molar-refractivity contribution in [3.63, 3.8) is 0 Å². The second-order valence-corrected chi connectivity index (χ2v) is 2.78. The topological polar surface area (TPSA) is 0 Å². The first-order valence-electron chi connectivity index (χ1n) is 5.30. The van der Waals surface area contributed by atoms with Gasteiger partial charge in [-0.1, -0.05) is 60.1 Å². The van der Waals surface area contributed by atoms with Crippen molar-refractivity contribution in [3.8, 4) is 0 Å². The normalized spacial score (nSPS) is 8.67. The van der Waals surface area contributed by atoms with E-state index in [1.807, 2.05) is 20.8 Å². The summed E-state index contributed by atoms with van der Waals surface area (Å²) in [5, 5.41) is 0. The molecule has 12 heavy (non-hydrogen) atoms. The van der Waals surface area contributed by atoms with Crippen LogP contribution in [0, 0.1) is 5.92 Å². The monoisotopic (exact) mass is 172 g/mol. The lowest BCUT2D eigenvalue weighted by Crippen LogP contribution is -1.77. The second kappa shape index (κ2) is 22.4. The van der Waals surface area contributed by atoms with E-state index < -0.39 is 0 Å². The summed E-state index contributed by atoms with van der Waals surface area (Å²) in [7, 11) is 0. The Morgan fingerprint density at radius 1 is 1.08 bits per heavy atom. The van der Waals surface area contributed by atoms with Crippen LogP contribution in [0.3, 0.4) is 0 Å². The van der Waals surface area contributed by atoms with Gasteiger partial charge >= 0.3 is 0 Å². The Morgan fingerprint density at radius 2 is 1.42 bits per heavy atom. The Balaban J connectivity index is -0.000000112. The van der Waals surface area contributed by atoms with Gasteiger partial charge in [-0.05, 0) is 19.3 Å². The molecule has 0 aromatic heterocycles. The number of hydrogen-bond donors (Lipinski definition) is 0. The summed E-state index contributed by atoms with van der Waals surface area (Å²) in [6, 6.07) is 0. The van der Waals surface area contributed by atoms with E-state index in [9.17, 15) is 0 Å². The highest BCUT2D eigenvalue weighted by Gasteiger charge is 1.80. The molecule has 0 aromatic carbocycles. The van der Waals surface area contributed by atoms with Crippen molar-refractivity contribution in [2.75, 3.05) is 0 Å². The molecule has 0 aliphatic carbocycles. The van der Waals surface area contributed by atoms with Gasteiger partial charge in [0.1, 0.15) is 0 Å². The fraction of sp³-hybridized carbons (Fsp3) is 0.833. The molecule has 0 aliphatic rings. The quantitative estimate of drug-likeness (QED) is 0.511. The molecule has 0 rings (SSSR count). The van der Waals surface area contributed by atoms with Gasteiger partial charge in [-0.3, -0.25) is 0 Å². The Morgan fingerprint density at radius 3 is 1.42 bits per heavy atom. The highest BCUT2D eigenvalue weighted by molar-refractivity contribution is 4.73. The zero-order valence-electron chi connectivity index (χ0n) is 10.1. The lowest BCUT2D eigenvalue weighted by atomic mass is 10.2. The van der Waals surface area contributed by atoms with E-state index in [1.54, 1.807) is 0 Å². The number of hydrogen-bond acceptors (Lipinski definition) is 0. The van der Waals surface area contributed by atoms with E-state index >= 15 is 0 Å². The van der Waals surface area contributed by atoms with Gasteiger partial charge in [0.05, 0.1) is 0 Å². The molecule has 0 heterocycles. The van der Waals surface area contributed by atoms with Crippen LogP contribution in [0.15, 0.2) is 12.2 Å². The molecule has 76 valence electrons. The molecule has 0 radical (unpaired) electrons. The number of rotatable bonds is 2. The third-order valence-corrected chi connectivity index (χ3v) is 1.29. The van der Waals surface area contributed by atoms with Crippen LogP contribution in [0.4, 0.5) is 0 Å². The Hall–Kier alpha value is -0.260. The third-order valence-electron chi connectivity index (χ3n) is 1.29. The van der Waals surface area contributed by atoms with Gasteiger partial charge in [0.25, 0.3) is 0 Å². The maximum absolute atomic E-state index is 2.22. The van der Waals surface area contributed by atoms with E-state index in [2.05, 4.69) is 39.8 Å². The summed E-state index contributed by atoms with van der Waals surface area (Å²) in [5.74, 6) is 0.884. The molecule has 0 saturated carbocycles. The first-order valence-corrected chi connectivity index (χ1v) is 5.30. The lowest BCUT2D eigenvalue weighted by molar-refractivity contribution is 0.626. The first-order chi connectivity index (χ1) is 5.68. The van der Waals surface area contributed by atoms with E-state index in [4.69, 9.17) is 0 Å². The largest absolute Gasteiger partial charge is 0.0917 e. The zero-order valence-corrected chi connectivity index (χ0v) is 10.1. The molecule has 0 amide bonds. The van der Waals surface area contributed by atoms with Crippen molar-refractivity contribution in [3.05, 3.63) is 12.2 Å². The van der Waals surface area contributed by atoms with E-state index in [0.717, 1.165) is 12.3 Å². The summed E-state index contributed by atoms with van der Waals surface area (Å²) in [4.78, 5) is 0. The molecule has 0 atom stereocenters. The molecule has 0 heteroatoms. The molecule has 0 bridgehead atoms. The van der Waals surface area contributed by atoms with Gasteiger partial charge in [-0.15, -0.1) is 0 Å². The summed E-state index contributed by atoms with van der Waals surface area (Å²) in [6.07, 6.45) is 6.65. The van der Waals surface area contributed by atoms with Gasteiger partial charge in [0.2, 0.25) is 0 Å². The van der Waals surface area contributed by atoms with Gasteiger partial charge in [-0.2, -0.15) is 0 Å². The number of allylic oxidation sites excluding steroid dienone is 2. The van der Waals surface area contributed by atoms with Crippen molar-refractivity contribution in [1.29, 1.82) is 0 Å². The minimum atomic E-state index is 0.884. The van der Waals surface area contributed by atoms with Gasteiger partial charge in [-0.25, -0.2) is 0 Å². The van der Waals surface area contributed by atoms with Gasteiger partial charge < -0.3 is 0 Å². The van der Waals surface area contributed by atoms with Crippen molar-refractivity contribution >= 4 is 0 Å². The van der Waals surface area contributed by atoms with E-state index in [0.29, 0.717) is 0 Å². The van der Waals surface area contributed by atoms with Crippen LogP contribution in [0.5, 0.6) is 0 Å². The Kier molecular flexibility index (Phi) is 33.1. The summed E-state index contributed by atoms with van der Waals surface area (Å²) >= 11 is 0. The molecule has 0 saturated heterocycles. The fourth-order valence-electron chi connectivity index (χ4n) is 0.236. The molecule has 0 aromatic rings. The van der Waals surface area contributed by atoms with Crippen LogP contribution in [-0.4, -0.2) is 0 Å². The Bertz CT molecular complexity index is 60.4. The van der Waals surface area contributed by atoms with Crippen LogP contribution in [0.2, 0.25) is 0 Å². The average Bonchev–Trinajstić information content (AvgIpc) is 2.10. The fourth-order valence-corrected chi connectivity index (χ4v) is 0.236.